The van der Waals surface area contributed by atoms with E-state index in [1.807, 2.05) is 30.3 Å². The van der Waals surface area contributed by atoms with Gasteiger partial charge in [0.25, 0.3) is 0 Å². The van der Waals surface area contributed by atoms with E-state index in [1.54, 1.807) is 12.1 Å². The van der Waals surface area contributed by atoms with Crippen LogP contribution in [0.25, 0.3) is 0 Å². The first-order valence-corrected chi connectivity index (χ1v) is 5.85. The lowest BCUT2D eigenvalue weighted by molar-refractivity contribution is 0.178. The van der Waals surface area contributed by atoms with Crippen LogP contribution in [-0.4, -0.2) is 15.3 Å². The van der Waals surface area contributed by atoms with Crippen molar-refractivity contribution in [1.29, 1.82) is 0 Å². The van der Waals surface area contributed by atoms with Crippen LogP contribution in [0, 0.1) is 0 Å². The predicted octanol–water partition coefficient (Wildman–Crippen LogP) is 2.16. The van der Waals surface area contributed by atoms with Gasteiger partial charge in [0, 0.05) is 12.0 Å². The third kappa shape index (κ3) is 2.88. The summed E-state index contributed by atoms with van der Waals surface area (Å²) in [4.78, 5) is 0. The molecule has 2 aromatic rings. The Bertz CT molecular complexity index is 508. The van der Waals surface area contributed by atoms with Crippen LogP contribution in [0.3, 0.4) is 0 Å². The first-order valence-electron chi connectivity index (χ1n) is 5.85. The highest BCUT2D eigenvalue weighted by atomic mass is 16.3. The number of aromatic hydroxyl groups is 1. The first kappa shape index (κ1) is 12.6. The molecule has 0 aliphatic carbocycles. The molecule has 0 aliphatic rings. The standard InChI is InChI=1S/C15H16O3/c16-10-13-9-12(6-7-14(13)17)15(18)8-11-4-2-1-3-5-11/h1-7,9,15-18H,8,10H2. The maximum absolute atomic E-state index is 10.1. The van der Waals surface area contributed by atoms with Gasteiger partial charge in [0.15, 0.2) is 0 Å². The molecule has 0 saturated carbocycles. The van der Waals surface area contributed by atoms with E-state index < -0.39 is 6.10 Å². The fourth-order valence-electron chi connectivity index (χ4n) is 1.89. The van der Waals surface area contributed by atoms with Crippen molar-refractivity contribution in [2.24, 2.45) is 0 Å². The number of aliphatic hydroxyl groups is 2. The highest BCUT2D eigenvalue weighted by molar-refractivity contribution is 5.37. The number of hydrogen-bond donors (Lipinski definition) is 3. The monoisotopic (exact) mass is 244 g/mol. The molecule has 3 heteroatoms. The molecule has 2 aromatic carbocycles. The molecule has 0 spiro atoms. The van der Waals surface area contributed by atoms with E-state index in [2.05, 4.69) is 0 Å². The molecule has 0 bridgehead atoms. The molecule has 0 radical (unpaired) electrons. The summed E-state index contributed by atoms with van der Waals surface area (Å²) in [7, 11) is 0. The average molecular weight is 244 g/mol. The van der Waals surface area contributed by atoms with Crippen molar-refractivity contribution < 1.29 is 15.3 Å². The normalized spacial score (nSPS) is 12.3. The molecule has 3 N–H and O–H groups in total. The Hall–Kier alpha value is -1.84. The molecule has 0 heterocycles. The molecule has 0 saturated heterocycles. The van der Waals surface area contributed by atoms with Crippen LogP contribution in [-0.2, 0) is 13.0 Å². The Morgan fingerprint density at radius 3 is 2.39 bits per heavy atom. The van der Waals surface area contributed by atoms with E-state index in [0.29, 0.717) is 17.5 Å². The van der Waals surface area contributed by atoms with E-state index >= 15 is 0 Å². The third-order valence-electron chi connectivity index (χ3n) is 2.93. The number of hydrogen-bond acceptors (Lipinski definition) is 3. The van der Waals surface area contributed by atoms with Gasteiger partial charge in [-0.25, -0.2) is 0 Å². The van der Waals surface area contributed by atoms with Crippen LogP contribution in [0.4, 0.5) is 0 Å². The Balaban J connectivity index is 2.16. The molecule has 0 aromatic heterocycles. The summed E-state index contributed by atoms with van der Waals surface area (Å²) in [5.74, 6) is 0.0492. The van der Waals surface area contributed by atoms with Crippen LogP contribution in [0.1, 0.15) is 22.8 Å². The zero-order valence-electron chi connectivity index (χ0n) is 9.95. The van der Waals surface area contributed by atoms with Gasteiger partial charge in [-0.3, -0.25) is 0 Å². The Morgan fingerprint density at radius 1 is 1.00 bits per heavy atom. The molecule has 2 rings (SSSR count). The average Bonchev–Trinajstić information content (AvgIpc) is 2.40. The fourth-order valence-corrected chi connectivity index (χ4v) is 1.89. The highest BCUT2D eigenvalue weighted by Crippen LogP contribution is 2.24. The summed E-state index contributed by atoms with van der Waals surface area (Å²) in [5.41, 5.74) is 2.17. The van der Waals surface area contributed by atoms with Gasteiger partial charge in [-0.05, 0) is 23.3 Å². The van der Waals surface area contributed by atoms with Crippen molar-refractivity contribution in [3.63, 3.8) is 0 Å². The molecule has 0 amide bonds. The molecule has 0 fully saturated rings. The van der Waals surface area contributed by atoms with Crippen molar-refractivity contribution in [2.45, 2.75) is 19.1 Å². The number of rotatable bonds is 4. The van der Waals surface area contributed by atoms with Gasteiger partial charge in [-0.2, -0.15) is 0 Å². The largest absolute Gasteiger partial charge is 0.508 e. The van der Waals surface area contributed by atoms with Gasteiger partial charge in [0.2, 0.25) is 0 Å². The quantitative estimate of drug-likeness (QED) is 0.772. The summed E-state index contributed by atoms with van der Waals surface area (Å²) in [5, 5.41) is 28.7. The molecular formula is C15H16O3. The minimum Gasteiger partial charge on any atom is -0.508 e. The zero-order chi connectivity index (χ0) is 13.0. The lowest BCUT2D eigenvalue weighted by atomic mass is 9.99. The highest BCUT2D eigenvalue weighted by Gasteiger charge is 2.10. The maximum atomic E-state index is 10.1. The SMILES string of the molecule is OCc1cc(C(O)Cc2ccccc2)ccc1O. The summed E-state index contributed by atoms with van der Waals surface area (Å²) in [6.45, 7) is -0.238. The Kier molecular flexibility index (Phi) is 3.97. The van der Waals surface area contributed by atoms with Crippen molar-refractivity contribution in [3.8, 4) is 5.75 Å². The molecular weight excluding hydrogens is 228 g/mol. The second kappa shape index (κ2) is 5.67. The molecule has 1 unspecified atom stereocenters. The van der Waals surface area contributed by atoms with Crippen LogP contribution >= 0.6 is 0 Å². The molecule has 94 valence electrons. The number of phenols is 1. The van der Waals surface area contributed by atoms with E-state index in [1.165, 1.54) is 6.07 Å². The molecule has 3 nitrogen and oxygen atoms in total. The van der Waals surface area contributed by atoms with Gasteiger partial charge >= 0.3 is 0 Å². The van der Waals surface area contributed by atoms with Crippen molar-refractivity contribution in [1.82, 2.24) is 0 Å². The lowest BCUT2D eigenvalue weighted by Gasteiger charge is -2.13. The van der Waals surface area contributed by atoms with Crippen molar-refractivity contribution in [3.05, 3.63) is 65.2 Å². The molecule has 18 heavy (non-hydrogen) atoms. The van der Waals surface area contributed by atoms with E-state index in [0.717, 1.165) is 5.56 Å². The molecule has 1 atom stereocenters. The lowest BCUT2D eigenvalue weighted by Crippen LogP contribution is -2.02. The summed E-state index contributed by atoms with van der Waals surface area (Å²) in [6, 6.07) is 14.5. The van der Waals surface area contributed by atoms with Gasteiger partial charge < -0.3 is 15.3 Å². The number of aliphatic hydroxyl groups excluding tert-OH is 2. The van der Waals surface area contributed by atoms with E-state index in [4.69, 9.17) is 5.11 Å². The zero-order valence-corrected chi connectivity index (χ0v) is 9.95. The van der Waals surface area contributed by atoms with Crippen LogP contribution in [0.5, 0.6) is 5.75 Å². The minimum atomic E-state index is -0.640. The van der Waals surface area contributed by atoms with Gasteiger partial charge in [-0.1, -0.05) is 36.4 Å². The topological polar surface area (TPSA) is 60.7 Å². The van der Waals surface area contributed by atoms with Gasteiger partial charge in [0.1, 0.15) is 5.75 Å². The van der Waals surface area contributed by atoms with E-state index in [9.17, 15) is 10.2 Å². The minimum absolute atomic E-state index is 0.0492. The second-order valence-electron chi connectivity index (χ2n) is 4.25. The van der Waals surface area contributed by atoms with E-state index in [-0.39, 0.29) is 12.4 Å². The smallest absolute Gasteiger partial charge is 0.121 e. The maximum Gasteiger partial charge on any atom is 0.121 e. The molecule has 0 aliphatic heterocycles. The van der Waals surface area contributed by atoms with Crippen LogP contribution in [0.2, 0.25) is 0 Å². The first-order chi connectivity index (χ1) is 8.70. The predicted molar refractivity (Wildman–Crippen MR) is 69.1 cm³/mol. The van der Waals surface area contributed by atoms with Gasteiger partial charge in [0.05, 0.1) is 12.7 Å². The number of benzene rings is 2. The van der Waals surface area contributed by atoms with Gasteiger partial charge in [-0.15, -0.1) is 0 Å². The summed E-state index contributed by atoms with van der Waals surface area (Å²) >= 11 is 0. The van der Waals surface area contributed by atoms with Crippen molar-refractivity contribution in [2.75, 3.05) is 0 Å². The van der Waals surface area contributed by atoms with Crippen molar-refractivity contribution >= 4 is 0 Å². The van der Waals surface area contributed by atoms with Crippen LogP contribution in [0.15, 0.2) is 48.5 Å². The third-order valence-corrected chi connectivity index (χ3v) is 2.93. The van der Waals surface area contributed by atoms with Crippen LogP contribution < -0.4 is 0 Å². The summed E-state index contributed by atoms with van der Waals surface area (Å²) in [6.07, 6.45) is -0.130. The summed E-state index contributed by atoms with van der Waals surface area (Å²) < 4.78 is 0. The fraction of sp³-hybridized carbons (Fsp3) is 0.200. The Labute approximate surface area is 106 Å². The second-order valence-corrected chi connectivity index (χ2v) is 4.25. The Morgan fingerprint density at radius 2 is 1.72 bits per heavy atom.